The second-order valence-electron chi connectivity index (χ2n) is 10.2. The lowest BCUT2D eigenvalue weighted by molar-refractivity contribution is -0.140. The van der Waals surface area contributed by atoms with E-state index in [4.69, 9.17) is 18.9 Å². The zero-order valence-corrected chi connectivity index (χ0v) is 22.2. The van der Waals surface area contributed by atoms with Crippen LogP contribution >= 0.6 is 0 Å². The van der Waals surface area contributed by atoms with Gasteiger partial charge >= 0.3 is 0 Å². The average Bonchev–Trinajstić information content (AvgIpc) is 3.63. The predicted molar refractivity (Wildman–Crippen MR) is 142 cm³/mol. The Labute approximate surface area is 223 Å². The number of rotatable bonds is 9. The largest absolute Gasteiger partial charge is 0.507 e. The van der Waals surface area contributed by atoms with Gasteiger partial charge in [-0.05, 0) is 67.6 Å². The van der Waals surface area contributed by atoms with Gasteiger partial charge in [0.15, 0.2) is 11.5 Å². The Morgan fingerprint density at radius 3 is 2.74 bits per heavy atom. The number of fused-ring (bicyclic) bond motifs is 1. The summed E-state index contributed by atoms with van der Waals surface area (Å²) in [7, 11) is 1.56. The molecule has 0 bridgehead atoms. The number of ketones is 1. The number of unbranched alkanes of at least 4 members (excludes halogenated alkanes) is 1. The van der Waals surface area contributed by atoms with Crippen molar-refractivity contribution in [1.82, 2.24) is 4.90 Å². The van der Waals surface area contributed by atoms with Crippen LogP contribution in [-0.2, 0) is 20.7 Å². The summed E-state index contributed by atoms with van der Waals surface area (Å²) in [6, 6.07) is 9.98. The lowest BCUT2D eigenvalue weighted by Gasteiger charge is -2.28. The van der Waals surface area contributed by atoms with Crippen molar-refractivity contribution in [3.05, 3.63) is 58.7 Å². The maximum atomic E-state index is 13.4. The van der Waals surface area contributed by atoms with Gasteiger partial charge in [0.1, 0.15) is 17.6 Å². The smallest absolute Gasteiger partial charge is 0.295 e. The highest BCUT2D eigenvalue weighted by Gasteiger charge is 2.47. The molecule has 0 radical (unpaired) electrons. The number of carbonyl (C=O) groups excluding carboxylic acids is 2. The molecule has 0 aliphatic carbocycles. The second kappa shape index (κ2) is 11.1. The van der Waals surface area contributed by atoms with Crippen LogP contribution in [0.4, 0.5) is 0 Å². The number of Topliss-reactive ketones (excluding diaryl/α,β-unsaturated/α-hetero) is 1. The van der Waals surface area contributed by atoms with Crippen LogP contribution in [0.3, 0.4) is 0 Å². The third-order valence-electron chi connectivity index (χ3n) is 7.39. The molecule has 0 spiro atoms. The maximum absolute atomic E-state index is 13.4. The third-order valence-corrected chi connectivity index (χ3v) is 7.39. The number of amides is 1. The van der Waals surface area contributed by atoms with Crippen molar-refractivity contribution < 1.29 is 33.6 Å². The minimum Gasteiger partial charge on any atom is -0.507 e. The normalized spacial score (nSPS) is 24.0. The molecular weight excluding hydrogens is 486 g/mol. The van der Waals surface area contributed by atoms with Crippen LogP contribution in [-0.4, -0.2) is 60.8 Å². The van der Waals surface area contributed by atoms with Crippen LogP contribution in [0.25, 0.3) is 5.76 Å². The molecule has 0 saturated carbocycles. The van der Waals surface area contributed by atoms with Gasteiger partial charge in [0.25, 0.3) is 11.7 Å². The highest BCUT2D eigenvalue weighted by atomic mass is 16.5. The number of benzene rings is 2. The van der Waals surface area contributed by atoms with E-state index in [-0.39, 0.29) is 30.1 Å². The lowest BCUT2D eigenvalue weighted by atomic mass is 9.94. The summed E-state index contributed by atoms with van der Waals surface area (Å²) in [5, 5.41) is 11.5. The SMILES string of the molecule is CCCCOc1ccc(C2/C(=C(/O)c3ccc4c(c3)CC(C)O4)C(=O)C(=O)N2CC2CCCO2)cc1OC. The second-order valence-corrected chi connectivity index (χ2v) is 10.2. The molecule has 3 aliphatic rings. The fourth-order valence-corrected chi connectivity index (χ4v) is 5.45. The van der Waals surface area contributed by atoms with Gasteiger partial charge in [0.2, 0.25) is 0 Å². The molecule has 3 aliphatic heterocycles. The zero-order valence-electron chi connectivity index (χ0n) is 22.2. The van der Waals surface area contributed by atoms with Crippen LogP contribution in [0.15, 0.2) is 42.0 Å². The van der Waals surface area contributed by atoms with E-state index < -0.39 is 17.7 Å². The molecule has 0 aromatic heterocycles. The minimum atomic E-state index is -0.791. The van der Waals surface area contributed by atoms with Gasteiger partial charge < -0.3 is 29.0 Å². The fraction of sp³-hybridized carbons (Fsp3) is 0.467. The van der Waals surface area contributed by atoms with Gasteiger partial charge in [-0.3, -0.25) is 9.59 Å². The Hall–Kier alpha value is -3.52. The minimum absolute atomic E-state index is 0.0462. The molecule has 2 aromatic rings. The first-order chi connectivity index (χ1) is 18.4. The van der Waals surface area contributed by atoms with Gasteiger partial charge in [-0.15, -0.1) is 0 Å². The number of methoxy groups -OCH3 is 1. The molecule has 38 heavy (non-hydrogen) atoms. The number of aliphatic hydroxyl groups excluding tert-OH is 1. The highest BCUT2D eigenvalue weighted by molar-refractivity contribution is 6.46. The Morgan fingerprint density at radius 1 is 1.16 bits per heavy atom. The van der Waals surface area contributed by atoms with Crippen LogP contribution in [0.5, 0.6) is 17.2 Å². The summed E-state index contributed by atoms with van der Waals surface area (Å²) in [4.78, 5) is 28.3. The maximum Gasteiger partial charge on any atom is 0.295 e. The van der Waals surface area contributed by atoms with Crippen molar-refractivity contribution >= 4 is 17.4 Å². The van der Waals surface area contributed by atoms with E-state index in [1.54, 1.807) is 31.4 Å². The first-order valence-corrected chi connectivity index (χ1v) is 13.4. The van der Waals surface area contributed by atoms with Crippen LogP contribution in [0.2, 0.25) is 0 Å². The van der Waals surface area contributed by atoms with Crippen LogP contribution < -0.4 is 14.2 Å². The highest BCUT2D eigenvalue weighted by Crippen LogP contribution is 2.43. The van der Waals surface area contributed by atoms with Crippen LogP contribution in [0, 0.1) is 0 Å². The molecule has 202 valence electrons. The van der Waals surface area contributed by atoms with E-state index in [1.165, 1.54) is 4.90 Å². The number of hydrogen-bond acceptors (Lipinski definition) is 7. The number of likely N-dealkylation sites (tertiary alicyclic amines) is 1. The van der Waals surface area contributed by atoms with Crippen molar-refractivity contribution in [2.24, 2.45) is 0 Å². The molecule has 5 rings (SSSR count). The summed E-state index contributed by atoms with van der Waals surface area (Å²) in [6.45, 7) is 5.53. The quantitative estimate of drug-likeness (QED) is 0.219. The summed E-state index contributed by atoms with van der Waals surface area (Å²) in [5.41, 5.74) is 2.15. The van der Waals surface area contributed by atoms with Crippen molar-refractivity contribution in [1.29, 1.82) is 0 Å². The van der Waals surface area contributed by atoms with E-state index >= 15 is 0 Å². The first-order valence-electron chi connectivity index (χ1n) is 13.4. The Balaban J connectivity index is 1.57. The van der Waals surface area contributed by atoms with Crippen molar-refractivity contribution in [3.8, 4) is 17.2 Å². The molecule has 8 nitrogen and oxygen atoms in total. The number of aliphatic hydroxyl groups is 1. The summed E-state index contributed by atoms with van der Waals surface area (Å²) in [5.74, 6) is 0.310. The summed E-state index contributed by atoms with van der Waals surface area (Å²) >= 11 is 0. The Bertz CT molecular complexity index is 1250. The van der Waals surface area contributed by atoms with E-state index in [0.29, 0.717) is 42.3 Å². The van der Waals surface area contributed by atoms with E-state index in [1.807, 2.05) is 19.1 Å². The molecule has 3 atom stereocenters. The number of ether oxygens (including phenoxy) is 4. The summed E-state index contributed by atoms with van der Waals surface area (Å²) < 4.78 is 23.1. The van der Waals surface area contributed by atoms with Gasteiger partial charge in [0, 0.05) is 25.1 Å². The van der Waals surface area contributed by atoms with E-state index in [2.05, 4.69) is 6.92 Å². The van der Waals surface area contributed by atoms with E-state index in [0.717, 1.165) is 37.0 Å². The fourth-order valence-electron chi connectivity index (χ4n) is 5.45. The van der Waals surface area contributed by atoms with E-state index in [9.17, 15) is 14.7 Å². The van der Waals surface area contributed by atoms with Gasteiger partial charge in [-0.25, -0.2) is 0 Å². The zero-order chi connectivity index (χ0) is 26.8. The van der Waals surface area contributed by atoms with Gasteiger partial charge in [-0.1, -0.05) is 19.4 Å². The van der Waals surface area contributed by atoms with Gasteiger partial charge in [0.05, 0.1) is 31.4 Å². The van der Waals surface area contributed by atoms with Crippen molar-refractivity contribution in [3.63, 3.8) is 0 Å². The molecule has 3 unspecified atom stereocenters. The molecule has 8 heteroatoms. The average molecular weight is 522 g/mol. The van der Waals surface area contributed by atoms with Gasteiger partial charge in [-0.2, -0.15) is 0 Å². The molecular formula is C30H35NO7. The Kier molecular flexibility index (Phi) is 7.61. The van der Waals surface area contributed by atoms with Crippen LogP contribution in [0.1, 0.15) is 62.3 Å². The molecule has 2 aromatic carbocycles. The van der Waals surface area contributed by atoms with Crippen molar-refractivity contribution in [2.45, 2.75) is 64.2 Å². The molecule has 3 heterocycles. The summed E-state index contributed by atoms with van der Waals surface area (Å²) in [6.07, 6.45) is 4.24. The lowest BCUT2D eigenvalue weighted by Crippen LogP contribution is -2.36. The predicted octanol–water partition coefficient (Wildman–Crippen LogP) is 4.80. The Morgan fingerprint density at radius 2 is 2.00 bits per heavy atom. The standard InChI is InChI=1S/C30H35NO7/c1-4-5-12-37-24-11-8-19(16-25(24)35-3)27-26(29(33)30(34)31(27)17-22-7-6-13-36-22)28(32)20-9-10-23-21(15-20)14-18(2)38-23/h8-11,15-16,18,22,27,32H,4-7,12-14,17H2,1-3H3/b28-26-. The molecule has 2 saturated heterocycles. The molecule has 1 N–H and O–H groups in total. The topological polar surface area (TPSA) is 94.5 Å². The molecule has 2 fully saturated rings. The third kappa shape index (κ3) is 4.97. The first kappa shape index (κ1) is 26.1. The monoisotopic (exact) mass is 521 g/mol. The molecule has 1 amide bonds. The number of nitrogens with zero attached hydrogens (tertiary/aromatic N) is 1. The number of hydrogen-bond donors (Lipinski definition) is 1. The van der Waals surface area contributed by atoms with Crippen molar-refractivity contribution in [2.75, 3.05) is 26.9 Å². The number of carbonyl (C=O) groups is 2.